The normalized spacial score (nSPS) is 11.8. The van der Waals surface area contributed by atoms with Gasteiger partial charge in [-0.3, -0.25) is 0 Å². The second kappa shape index (κ2) is 25.1. The van der Waals surface area contributed by atoms with Crippen LogP contribution < -0.4 is 33.7 Å². The van der Waals surface area contributed by atoms with Gasteiger partial charge in [0, 0.05) is 0 Å². The zero-order chi connectivity index (χ0) is 32.8. The summed E-state index contributed by atoms with van der Waals surface area (Å²) in [7, 11) is -9.32. The summed E-state index contributed by atoms with van der Waals surface area (Å²) in [5.41, 5.74) is 0.952. The van der Waals surface area contributed by atoms with Crippen molar-refractivity contribution in [1.82, 2.24) is 0 Å². The van der Waals surface area contributed by atoms with E-state index in [1.807, 2.05) is 0 Å². The topological polar surface area (TPSA) is 101 Å². The summed E-state index contributed by atoms with van der Waals surface area (Å²) in [4.78, 5) is -0.543. The Hall–Kier alpha value is -0.900. The summed E-state index contributed by atoms with van der Waals surface area (Å²) in [6.07, 6.45) is 25.6. The van der Waals surface area contributed by atoms with Gasteiger partial charge in [-0.2, -0.15) is 8.42 Å². The Kier molecular flexibility index (Phi) is 23.6. The molecule has 0 N–H and O–H groups in total. The first-order valence-electron chi connectivity index (χ1n) is 17.8. The maximum absolute atomic E-state index is 13.4. The van der Waals surface area contributed by atoms with Crippen LogP contribution in [0.2, 0.25) is 0 Å². The van der Waals surface area contributed by atoms with Crippen molar-refractivity contribution in [3.05, 3.63) is 53.6 Å². The molecular formula is C37H59NaO6S2. The van der Waals surface area contributed by atoms with Crippen LogP contribution in [0.4, 0.5) is 0 Å². The number of rotatable bonds is 27. The first kappa shape index (κ1) is 43.1. The van der Waals surface area contributed by atoms with Crippen LogP contribution in [0.1, 0.15) is 160 Å². The van der Waals surface area contributed by atoms with Gasteiger partial charge in [-0.25, -0.2) is 8.42 Å². The van der Waals surface area contributed by atoms with Crippen molar-refractivity contribution < 1.29 is 55.1 Å². The quantitative estimate of drug-likeness (QED) is 0.0414. The van der Waals surface area contributed by atoms with Crippen molar-refractivity contribution in [2.45, 2.75) is 171 Å². The predicted molar refractivity (Wildman–Crippen MR) is 184 cm³/mol. The van der Waals surface area contributed by atoms with E-state index in [1.165, 1.54) is 102 Å². The first-order chi connectivity index (χ1) is 21.7. The number of unbranched alkanes of at least 4 members (excludes halogenated alkanes) is 19. The fourth-order valence-corrected chi connectivity index (χ4v) is 8.11. The molecule has 0 aliphatic carbocycles. The molecule has 0 aromatic heterocycles. The minimum Gasteiger partial charge on any atom is -0.744 e. The molecule has 0 saturated carbocycles. The fraction of sp³-hybridized carbons (Fsp3) is 0.676. The maximum atomic E-state index is 13.4. The van der Waals surface area contributed by atoms with Crippen LogP contribution in [0.15, 0.2) is 52.3 Å². The summed E-state index contributed by atoms with van der Waals surface area (Å²) >= 11 is 0. The van der Waals surface area contributed by atoms with Crippen LogP contribution in [0.5, 0.6) is 5.75 Å². The van der Waals surface area contributed by atoms with E-state index < -0.39 is 30.9 Å². The molecule has 0 spiro atoms. The van der Waals surface area contributed by atoms with Crippen molar-refractivity contribution in [2.75, 3.05) is 0 Å². The minimum absolute atomic E-state index is 0. The summed E-state index contributed by atoms with van der Waals surface area (Å²) < 4.78 is 69.3. The number of aryl methyl sites for hydroxylation is 2. The third kappa shape index (κ3) is 17.5. The van der Waals surface area contributed by atoms with Crippen LogP contribution in [-0.2, 0) is 33.1 Å². The fourth-order valence-electron chi connectivity index (χ4n) is 6.01. The van der Waals surface area contributed by atoms with Crippen molar-refractivity contribution >= 4 is 20.2 Å². The Balaban J connectivity index is 0.0000106. The van der Waals surface area contributed by atoms with Gasteiger partial charge in [-0.15, -0.1) is 0 Å². The minimum atomic E-state index is -4.96. The van der Waals surface area contributed by atoms with Crippen LogP contribution >= 0.6 is 0 Å². The van der Waals surface area contributed by atoms with Gasteiger partial charge in [-0.05, 0) is 48.9 Å². The van der Waals surface area contributed by atoms with Crippen molar-refractivity contribution in [1.29, 1.82) is 0 Å². The molecule has 0 atom stereocenters. The van der Waals surface area contributed by atoms with Gasteiger partial charge in [-0.1, -0.05) is 166 Å². The van der Waals surface area contributed by atoms with Crippen LogP contribution in [0.25, 0.3) is 0 Å². The second-order valence-electron chi connectivity index (χ2n) is 12.6. The Bertz CT molecular complexity index is 1290. The van der Waals surface area contributed by atoms with Crippen LogP contribution in [0.3, 0.4) is 0 Å². The second-order valence-corrected chi connectivity index (χ2v) is 15.4. The molecule has 0 unspecified atom stereocenters. The molecule has 2 aromatic carbocycles. The predicted octanol–water partition coefficient (Wildman–Crippen LogP) is 7.68. The molecule has 0 saturated heterocycles. The molecule has 256 valence electrons. The average Bonchev–Trinajstić information content (AvgIpc) is 3.00. The van der Waals surface area contributed by atoms with E-state index >= 15 is 0 Å². The Labute approximate surface area is 304 Å². The van der Waals surface area contributed by atoms with E-state index in [0.717, 1.165) is 44.9 Å². The average molecular weight is 687 g/mol. The molecule has 0 aliphatic heterocycles. The Morgan fingerprint density at radius 1 is 0.522 bits per heavy atom. The third-order valence-electron chi connectivity index (χ3n) is 8.60. The van der Waals surface area contributed by atoms with E-state index in [9.17, 15) is 21.4 Å². The van der Waals surface area contributed by atoms with E-state index in [2.05, 4.69) is 13.8 Å². The van der Waals surface area contributed by atoms with E-state index in [1.54, 1.807) is 30.3 Å². The van der Waals surface area contributed by atoms with Crippen LogP contribution in [-0.4, -0.2) is 21.4 Å². The van der Waals surface area contributed by atoms with E-state index in [4.69, 9.17) is 4.18 Å². The van der Waals surface area contributed by atoms with Gasteiger partial charge >= 0.3 is 39.7 Å². The van der Waals surface area contributed by atoms with E-state index in [0.29, 0.717) is 24.0 Å². The Morgan fingerprint density at radius 3 is 1.37 bits per heavy atom. The summed E-state index contributed by atoms with van der Waals surface area (Å²) in [5.74, 6) is -0.418. The SMILES string of the molecule is CCCCCCCCCCCCCc1ccccc1S(=O)(=O)Oc1cccc(CCCCCCCCCCCC)c1S(=O)(=O)[O-].[Na+]. The number of benzene rings is 2. The summed E-state index contributed by atoms with van der Waals surface area (Å²) in [5, 5.41) is 0. The molecule has 2 aromatic rings. The molecule has 9 heteroatoms. The van der Waals surface area contributed by atoms with Crippen LogP contribution in [0, 0.1) is 0 Å². The van der Waals surface area contributed by atoms with Gasteiger partial charge in [0.1, 0.15) is 19.9 Å². The first-order valence-corrected chi connectivity index (χ1v) is 20.6. The Morgan fingerprint density at radius 2 is 0.913 bits per heavy atom. The van der Waals surface area contributed by atoms with Crippen molar-refractivity contribution in [2.24, 2.45) is 0 Å². The van der Waals surface area contributed by atoms with Gasteiger partial charge in [0.2, 0.25) is 0 Å². The molecule has 0 aliphatic rings. The van der Waals surface area contributed by atoms with E-state index in [-0.39, 0.29) is 34.5 Å². The molecule has 0 fully saturated rings. The third-order valence-corrected chi connectivity index (χ3v) is 10.9. The molecule has 0 bridgehead atoms. The molecular weight excluding hydrogens is 628 g/mol. The van der Waals surface area contributed by atoms with Crippen molar-refractivity contribution in [3.8, 4) is 5.75 Å². The standard InChI is InChI=1S/C37H60O6S2.Na/c1-3-5-7-9-11-13-15-17-18-20-22-27-33-28-24-25-32-36(33)45(41,42)43-35-31-26-30-34(37(35)44(38,39)40)29-23-21-19-16-14-12-10-8-6-4-2;/h24-26,28,30-32H,3-23,27,29H2,1-2H3,(H,38,39,40);/q;+1/p-1. The zero-order valence-electron chi connectivity index (χ0n) is 29.1. The van der Waals surface area contributed by atoms with Gasteiger partial charge in [0.15, 0.2) is 5.75 Å². The zero-order valence-corrected chi connectivity index (χ0v) is 32.7. The number of hydrogen-bond acceptors (Lipinski definition) is 6. The van der Waals surface area contributed by atoms with Crippen molar-refractivity contribution in [3.63, 3.8) is 0 Å². The molecule has 2 rings (SSSR count). The van der Waals surface area contributed by atoms with Gasteiger partial charge in [0.25, 0.3) is 0 Å². The summed E-state index contributed by atoms with van der Waals surface area (Å²) in [6, 6.07) is 11.1. The molecule has 46 heavy (non-hydrogen) atoms. The smallest absolute Gasteiger partial charge is 0.744 e. The molecule has 6 nitrogen and oxygen atoms in total. The van der Waals surface area contributed by atoms with Gasteiger partial charge < -0.3 is 8.74 Å². The molecule has 0 amide bonds. The monoisotopic (exact) mass is 686 g/mol. The maximum Gasteiger partial charge on any atom is 1.00 e. The summed E-state index contributed by atoms with van der Waals surface area (Å²) in [6.45, 7) is 4.45. The largest absolute Gasteiger partial charge is 1.00 e. The molecule has 0 radical (unpaired) electrons. The van der Waals surface area contributed by atoms with Gasteiger partial charge in [0.05, 0.1) is 0 Å². The molecule has 0 heterocycles. The number of hydrogen-bond donors (Lipinski definition) is 0.